The van der Waals surface area contributed by atoms with Crippen molar-refractivity contribution in [1.82, 2.24) is 4.98 Å². The van der Waals surface area contributed by atoms with Gasteiger partial charge in [0, 0.05) is 19.8 Å². The molecular formula is C11H12BrN3S. The van der Waals surface area contributed by atoms with Crippen LogP contribution in [0.25, 0.3) is 0 Å². The van der Waals surface area contributed by atoms with Crippen molar-refractivity contribution in [3.63, 3.8) is 0 Å². The van der Waals surface area contributed by atoms with Crippen molar-refractivity contribution in [3.8, 4) is 0 Å². The lowest BCUT2D eigenvalue weighted by Gasteiger charge is -2.21. The molecule has 0 radical (unpaired) electrons. The maximum Gasteiger partial charge on any atom is 0.0776 e. The number of nitrogens with zero attached hydrogens (tertiary/aromatic N) is 2. The van der Waals surface area contributed by atoms with Crippen LogP contribution in [-0.2, 0) is 6.54 Å². The Morgan fingerprint density at radius 1 is 1.50 bits per heavy atom. The average molecular weight is 298 g/mol. The molecule has 0 spiro atoms. The van der Waals surface area contributed by atoms with Crippen LogP contribution in [0.5, 0.6) is 0 Å². The van der Waals surface area contributed by atoms with Crippen LogP contribution in [0, 0.1) is 0 Å². The molecule has 0 atom stereocenters. The summed E-state index contributed by atoms with van der Waals surface area (Å²) in [6.45, 7) is 0.844. The van der Waals surface area contributed by atoms with Gasteiger partial charge in [-0.25, -0.2) is 0 Å². The molecule has 2 N–H and O–H groups in total. The maximum atomic E-state index is 5.92. The normalized spacial score (nSPS) is 10.4. The summed E-state index contributed by atoms with van der Waals surface area (Å²) in [6, 6.07) is 2.12. The summed E-state index contributed by atoms with van der Waals surface area (Å²) >= 11 is 5.17. The molecule has 84 valence electrons. The van der Waals surface area contributed by atoms with E-state index in [0.29, 0.717) is 5.69 Å². The topological polar surface area (TPSA) is 42.1 Å². The molecule has 0 aliphatic carbocycles. The minimum absolute atomic E-state index is 0.687. The molecule has 0 aromatic carbocycles. The maximum absolute atomic E-state index is 5.92. The van der Waals surface area contributed by atoms with Gasteiger partial charge in [0.05, 0.1) is 22.0 Å². The third-order valence-electron chi connectivity index (χ3n) is 2.28. The van der Waals surface area contributed by atoms with Crippen molar-refractivity contribution in [2.45, 2.75) is 6.54 Å². The number of anilines is 2. The number of aromatic nitrogens is 1. The van der Waals surface area contributed by atoms with E-state index in [1.54, 1.807) is 23.7 Å². The summed E-state index contributed by atoms with van der Waals surface area (Å²) in [5.74, 6) is 0. The summed E-state index contributed by atoms with van der Waals surface area (Å²) in [6.07, 6.45) is 3.43. The van der Waals surface area contributed by atoms with Crippen molar-refractivity contribution in [2.24, 2.45) is 0 Å². The Hall–Kier alpha value is -1.07. The highest BCUT2D eigenvalue weighted by Gasteiger charge is 2.10. The molecule has 16 heavy (non-hydrogen) atoms. The molecule has 2 aromatic rings. The number of nitrogens with two attached hydrogens (primary N) is 1. The van der Waals surface area contributed by atoms with Crippen LogP contribution in [0.2, 0.25) is 0 Å². The zero-order chi connectivity index (χ0) is 11.5. The first-order valence-corrected chi connectivity index (χ1v) is 6.53. The molecule has 5 heteroatoms. The quantitative estimate of drug-likeness (QED) is 0.946. The largest absolute Gasteiger partial charge is 0.396 e. The molecular weight excluding hydrogens is 286 g/mol. The Morgan fingerprint density at radius 3 is 2.94 bits per heavy atom. The molecule has 0 saturated carbocycles. The lowest BCUT2D eigenvalue weighted by molar-refractivity contribution is 0.923. The van der Waals surface area contributed by atoms with Gasteiger partial charge in [-0.2, -0.15) is 11.3 Å². The molecule has 2 aromatic heterocycles. The first kappa shape index (κ1) is 11.4. The molecule has 2 heterocycles. The van der Waals surface area contributed by atoms with Crippen LogP contribution in [0.15, 0.2) is 33.7 Å². The van der Waals surface area contributed by atoms with Gasteiger partial charge in [-0.3, -0.25) is 4.98 Å². The first-order chi connectivity index (χ1) is 7.68. The fraction of sp³-hybridized carbons (Fsp3) is 0.182. The Labute approximate surface area is 107 Å². The van der Waals surface area contributed by atoms with Gasteiger partial charge < -0.3 is 10.6 Å². The predicted octanol–water partition coefficient (Wildman–Crippen LogP) is 3.12. The fourth-order valence-corrected chi connectivity index (χ4v) is 2.89. The molecule has 0 saturated heterocycles. The van der Waals surface area contributed by atoms with Gasteiger partial charge in [0.1, 0.15) is 0 Å². The monoisotopic (exact) mass is 297 g/mol. The van der Waals surface area contributed by atoms with E-state index in [1.807, 2.05) is 7.05 Å². The lowest BCUT2D eigenvalue weighted by atomic mass is 10.2. The van der Waals surface area contributed by atoms with E-state index in [0.717, 1.165) is 16.7 Å². The smallest absolute Gasteiger partial charge is 0.0776 e. The standard InChI is InChI=1S/C11H12BrN3S/c1-15(6-8-2-3-16-7-8)11-9(12)4-14-5-10(11)13/h2-5,7H,6,13H2,1H3. The van der Waals surface area contributed by atoms with Crippen molar-refractivity contribution in [2.75, 3.05) is 17.7 Å². The van der Waals surface area contributed by atoms with Gasteiger partial charge in [-0.15, -0.1) is 0 Å². The van der Waals surface area contributed by atoms with Crippen molar-refractivity contribution >= 4 is 38.6 Å². The van der Waals surface area contributed by atoms with Gasteiger partial charge in [-0.05, 0) is 38.3 Å². The second-order valence-corrected chi connectivity index (χ2v) is 5.18. The number of rotatable bonds is 3. The third-order valence-corrected chi connectivity index (χ3v) is 3.60. The SMILES string of the molecule is CN(Cc1ccsc1)c1c(N)cncc1Br. The van der Waals surface area contributed by atoms with Crippen LogP contribution in [0.3, 0.4) is 0 Å². The third kappa shape index (κ3) is 2.36. The second-order valence-electron chi connectivity index (χ2n) is 3.55. The van der Waals surface area contributed by atoms with Gasteiger partial charge in [0.25, 0.3) is 0 Å². The Morgan fingerprint density at radius 2 is 2.31 bits per heavy atom. The van der Waals surface area contributed by atoms with E-state index < -0.39 is 0 Å². The summed E-state index contributed by atoms with van der Waals surface area (Å²) in [4.78, 5) is 6.14. The Kier molecular flexibility index (Phi) is 3.46. The number of halogens is 1. The zero-order valence-electron chi connectivity index (χ0n) is 8.85. The molecule has 2 rings (SSSR count). The Balaban J connectivity index is 2.24. The molecule has 3 nitrogen and oxygen atoms in total. The highest BCUT2D eigenvalue weighted by molar-refractivity contribution is 9.10. The fourth-order valence-electron chi connectivity index (χ4n) is 1.58. The van der Waals surface area contributed by atoms with E-state index in [2.05, 4.69) is 42.6 Å². The average Bonchev–Trinajstić information content (AvgIpc) is 2.70. The summed E-state index contributed by atoms with van der Waals surface area (Å²) in [5.41, 5.74) is 8.88. The number of nitrogen functional groups attached to an aromatic ring is 1. The van der Waals surface area contributed by atoms with E-state index in [-0.39, 0.29) is 0 Å². The van der Waals surface area contributed by atoms with E-state index in [1.165, 1.54) is 5.56 Å². The minimum atomic E-state index is 0.687. The van der Waals surface area contributed by atoms with Crippen LogP contribution < -0.4 is 10.6 Å². The second kappa shape index (κ2) is 4.84. The Bertz CT molecular complexity index is 450. The van der Waals surface area contributed by atoms with E-state index in [4.69, 9.17) is 5.73 Å². The molecule has 0 aliphatic heterocycles. The van der Waals surface area contributed by atoms with Gasteiger partial charge in [0.15, 0.2) is 0 Å². The summed E-state index contributed by atoms with van der Waals surface area (Å²) in [5, 5.41) is 4.22. The number of hydrogen-bond donors (Lipinski definition) is 1. The van der Waals surface area contributed by atoms with Crippen LogP contribution in [0.4, 0.5) is 11.4 Å². The molecule has 0 aliphatic rings. The van der Waals surface area contributed by atoms with Gasteiger partial charge >= 0.3 is 0 Å². The van der Waals surface area contributed by atoms with Crippen molar-refractivity contribution in [1.29, 1.82) is 0 Å². The van der Waals surface area contributed by atoms with Crippen molar-refractivity contribution < 1.29 is 0 Å². The molecule has 0 fully saturated rings. The van der Waals surface area contributed by atoms with Crippen LogP contribution >= 0.6 is 27.3 Å². The van der Waals surface area contributed by atoms with Crippen LogP contribution in [-0.4, -0.2) is 12.0 Å². The number of pyridine rings is 1. The van der Waals surface area contributed by atoms with E-state index >= 15 is 0 Å². The van der Waals surface area contributed by atoms with Crippen LogP contribution in [0.1, 0.15) is 5.56 Å². The minimum Gasteiger partial charge on any atom is -0.396 e. The zero-order valence-corrected chi connectivity index (χ0v) is 11.3. The van der Waals surface area contributed by atoms with Crippen molar-refractivity contribution in [3.05, 3.63) is 39.3 Å². The number of hydrogen-bond acceptors (Lipinski definition) is 4. The molecule has 0 bridgehead atoms. The van der Waals surface area contributed by atoms with Gasteiger partial charge in [0.2, 0.25) is 0 Å². The number of thiophene rings is 1. The first-order valence-electron chi connectivity index (χ1n) is 4.79. The molecule has 0 amide bonds. The lowest BCUT2D eigenvalue weighted by Crippen LogP contribution is -2.18. The summed E-state index contributed by atoms with van der Waals surface area (Å²) < 4.78 is 0.922. The molecule has 0 unspecified atom stereocenters. The highest BCUT2D eigenvalue weighted by atomic mass is 79.9. The highest BCUT2D eigenvalue weighted by Crippen LogP contribution is 2.31. The summed E-state index contributed by atoms with van der Waals surface area (Å²) in [7, 11) is 2.02. The van der Waals surface area contributed by atoms with E-state index in [9.17, 15) is 0 Å². The van der Waals surface area contributed by atoms with Gasteiger partial charge in [-0.1, -0.05) is 0 Å². The predicted molar refractivity (Wildman–Crippen MR) is 72.8 cm³/mol.